The molecule has 0 rings (SSSR count). The Kier molecular flexibility index (Phi) is 63.0. The van der Waals surface area contributed by atoms with Crippen LogP contribution in [0.4, 0.5) is 0 Å². The highest BCUT2D eigenvalue weighted by atomic mass is 31.2. The van der Waals surface area contributed by atoms with Gasteiger partial charge in [-0.25, -0.2) is 4.57 Å². The number of esters is 2. The third-order valence-electron chi connectivity index (χ3n) is 12.4. The molecule has 0 spiro atoms. The van der Waals surface area contributed by atoms with E-state index in [0.717, 1.165) is 154 Å². The van der Waals surface area contributed by atoms with Crippen molar-refractivity contribution in [2.75, 3.05) is 26.4 Å². The van der Waals surface area contributed by atoms with Crippen molar-refractivity contribution in [3.05, 3.63) is 219 Å². The summed E-state index contributed by atoms with van der Waals surface area (Å²) in [5.74, 6) is -0.930. The van der Waals surface area contributed by atoms with E-state index in [1.165, 1.54) is 6.42 Å². The number of allylic oxidation sites excluding steroid dienone is 36. The van der Waals surface area contributed by atoms with Crippen LogP contribution in [0.3, 0.4) is 0 Å². The number of hydrogen-bond acceptors (Lipinski definition) is 8. The first-order valence-corrected chi connectivity index (χ1v) is 33.7. The number of unbranched alkanes of at least 4 members (excludes halogenated alkanes) is 8. The maximum absolute atomic E-state index is 12.7. The van der Waals surface area contributed by atoms with Crippen LogP contribution in [-0.4, -0.2) is 49.3 Å². The number of phosphoric ester groups is 1. The molecule has 0 bridgehead atoms. The standard InChI is InChI=1S/C75H114NO8P/c1-3-5-7-9-11-13-15-17-19-21-23-25-27-28-29-30-31-32-33-34-35-36-37-38-39-40-41-42-43-44-46-48-50-52-54-56-58-60-62-64-66-68-75(78)84-73(72-83-85(79,80)82-70-69-76)71-81-74(77)67-65-63-61-59-57-55-53-51-49-47-45-26-24-22-20-18-16-14-12-10-8-6-4-2/h5-8,11-14,17-20,23-26,28-29,31-32,34-35,37-38,40-41,43-44,47-50,53,55,59,61,73H,3-4,9-10,15-16,21-22,27,30,33,36,39,42,45-46,51-52,54,56-58,60,62-72,76H2,1-2H3,(H,79,80)/b7-5-,8-6-,13-11-,14-12-,19-17-,20-18-,25-23-,26-24-,29-28-,32-31-,35-34-,38-37-,41-40-,44-43-,49-47-,50-48-,55-53-,61-59-. The lowest BCUT2D eigenvalue weighted by Gasteiger charge is -2.19. The first kappa shape index (κ1) is 79.3. The van der Waals surface area contributed by atoms with Gasteiger partial charge >= 0.3 is 19.8 Å². The molecule has 0 heterocycles. The number of phosphoric acid groups is 1. The second-order valence-corrected chi connectivity index (χ2v) is 21.6. The van der Waals surface area contributed by atoms with Crippen LogP contribution in [0.2, 0.25) is 0 Å². The summed E-state index contributed by atoms with van der Waals surface area (Å²) in [4.78, 5) is 35.2. The fourth-order valence-corrected chi connectivity index (χ4v) is 8.45. The van der Waals surface area contributed by atoms with Gasteiger partial charge < -0.3 is 20.1 Å². The average Bonchev–Trinajstić information content (AvgIpc) is 3.52. The highest BCUT2D eigenvalue weighted by molar-refractivity contribution is 7.47. The normalized spacial score (nSPS) is 14.4. The largest absolute Gasteiger partial charge is 0.472 e. The Balaban J connectivity index is 4.11. The van der Waals surface area contributed by atoms with E-state index in [9.17, 15) is 19.0 Å². The fourth-order valence-electron chi connectivity index (χ4n) is 7.69. The zero-order valence-corrected chi connectivity index (χ0v) is 53.6. The minimum absolute atomic E-state index is 0.0311. The number of rotatable bonds is 57. The Morgan fingerprint density at radius 3 is 0.941 bits per heavy atom. The number of carbonyl (C=O) groups excluding carboxylic acids is 2. The van der Waals surface area contributed by atoms with Crippen molar-refractivity contribution in [1.29, 1.82) is 0 Å². The van der Waals surface area contributed by atoms with Crippen LogP contribution in [0.5, 0.6) is 0 Å². The van der Waals surface area contributed by atoms with Gasteiger partial charge in [0.1, 0.15) is 6.61 Å². The molecule has 0 aliphatic heterocycles. The van der Waals surface area contributed by atoms with Crippen molar-refractivity contribution in [3.63, 3.8) is 0 Å². The van der Waals surface area contributed by atoms with Crippen molar-refractivity contribution < 1.29 is 37.6 Å². The predicted octanol–water partition coefficient (Wildman–Crippen LogP) is 21.3. The lowest BCUT2D eigenvalue weighted by Crippen LogP contribution is -2.29. The van der Waals surface area contributed by atoms with E-state index in [0.29, 0.717) is 19.3 Å². The number of hydrogen-bond donors (Lipinski definition) is 2. The minimum Gasteiger partial charge on any atom is -0.462 e. The van der Waals surface area contributed by atoms with Gasteiger partial charge in [-0.2, -0.15) is 0 Å². The smallest absolute Gasteiger partial charge is 0.462 e. The van der Waals surface area contributed by atoms with Crippen LogP contribution >= 0.6 is 7.82 Å². The Bertz CT molecular complexity index is 2190. The molecule has 0 fully saturated rings. The summed E-state index contributed by atoms with van der Waals surface area (Å²) in [6.45, 7) is 3.40. The number of ether oxygens (including phenoxy) is 2. The maximum Gasteiger partial charge on any atom is 0.472 e. The number of carbonyl (C=O) groups is 2. The SMILES string of the molecule is CC/C=C\C/C=C\C/C=C\C/C=C\C/C=C\C/C=C\C/C=C\C/C=C\C/C=C\C/C=C\C/C=C\CCCCCCCCCC(=O)OC(COC(=O)CCC/C=C\C/C=C\C/C=C\C/C=C\C/C=C\C/C=C\C/C=C\CC)COP(=O)(O)OCCN. The van der Waals surface area contributed by atoms with E-state index in [2.05, 4.69) is 227 Å². The highest BCUT2D eigenvalue weighted by Gasteiger charge is 2.26. The average molecular weight is 1190 g/mol. The Labute approximate surface area is 518 Å². The summed E-state index contributed by atoms with van der Waals surface area (Å²) in [5, 5.41) is 0. The van der Waals surface area contributed by atoms with Gasteiger partial charge in [0, 0.05) is 19.4 Å². The number of nitrogens with two attached hydrogens (primary N) is 1. The molecule has 3 N–H and O–H groups in total. The van der Waals surface area contributed by atoms with E-state index in [1.54, 1.807) is 0 Å². The van der Waals surface area contributed by atoms with Crippen molar-refractivity contribution in [2.45, 2.75) is 213 Å². The molecule has 0 aliphatic rings. The lowest BCUT2D eigenvalue weighted by molar-refractivity contribution is -0.161. The van der Waals surface area contributed by atoms with Gasteiger partial charge in [-0.1, -0.05) is 265 Å². The second-order valence-electron chi connectivity index (χ2n) is 20.2. The highest BCUT2D eigenvalue weighted by Crippen LogP contribution is 2.43. The predicted molar refractivity (Wildman–Crippen MR) is 366 cm³/mol. The van der Waals surface area contributed by atoms with Crippen LogP contribution in [0.25, 0.3) is 0 Å². The summed E-state index contributed by atoms with van der Waals surface area (Å²) < 4.78 is 33.0. The third-order valence-corrected chi connectivity index (χ3v) is 13.3. The van der Waals surface area contributed by atoms with E-state index >= 15 is 0 Å². The zero-order chi connectivity index (χ0) is 61.6. The summed E-state index contributed by atoms with van der Waals surface area (Å²) >= 11 is 0. The van der Waals surface area contributed by atoms with Crippen LogP contribution in [-0.2, 0) is 32.7 Å². The quantitative estimate of drug-likeness (QED) is 0.0264. The monoisotopic (exact) mass is 1190 g/mol. The first-order valence-electron chi connectivity index (χ1n) is 32.2. The topological polar surface area (TPSA) is 134 Å². The molecule has 2 unspecified atom stereocenters. The molecule has 0 radical (unpaired) electrons. The van der Waals surface area contributed by atoms with Gasteiger partial charge in [-0.05, 0) is 148 Å². The van der Waals surface area contributed by atoms with Crippen molar-refractivity contribution >= 4 is 19.8 Å². The van der Waals surface area contributed by atoms with Crippen molar-refractivity contribution in [2.24, 2.45) is 5.73 Å². The maximum atomic E-state index is 12.7. The molecule has 0 aliphatic carbocycles. The fraction of sp³-hybridized carbons (Fsp3) is 0.493. The van der Waals surface area contributed by atoms with E-state index in [1.807, 2.05) is 6.08 Å². The molecule has 0 aromatic carbocycles. The van der Waals surface area contributed by atoms with Gasteiger partial charge in [-0.3, -0.25) is 18.6 Å². The molecule has 0 aromatic heterocycles. The molecule has 0 saturated heterocycles. The van der Waals surface area contributed by atoms with Crippen LogP contribution in [0.1, 0.15) is 206 Å². The Morgan fingerprint density at radius 2 is 0.624 bits per heavy atom. The van der Waals surface area contributed by atoms with Crippen molar-refractivity contribution in [1.82, 2.24) is 0 Å². The molecule has 0 saturated carbocycles. The molecule has 0 amide bonds. The van der Waals surface area contributed by atoms with Gasteiger partial charge in [0.05, 0.1) is 13.2 Å². The van der Waals surface area contributed by atoms with Gasteiger partial charge in [0.15, 0.2) is 6.10 Å². The first-order chi connectivity index (χ1) is 41.8. The van der Waals surface area contributed by atoms with E-state index in [4.69, 9.17) is 24.3 Å². The molecule has 85 heavy (non-hydrogen) atoms. The Hall–Kier alpha value is -5.67. The van der Waals surface area contributed by atoms with Gasteiger partial charge in [-0.15, -0.1) is 0 Å². The summed E-state index contributed by atoms with van der Waals surface area (Å²) in [6, 6.07) is 0. The van der Waals surface area contributed by atoms with E-state index < -0.39 is 32.5 Å². The lowest BCUT2D eigenvalue weighted by atomic mass is 10.1. The van der Waals surface area contributed by atoms with E-state index in [-0.39, 0.29) is 32.6 Å². The molecule has 472 valence electrons. The van der Waals surface area contributed by atoms with Crippen molar-refractivity contribution in [3.8, 4) is 0 Å². The summed E-state index contributed by atoms with van der Waals surface area (Å²) in [6.07, 6.45) is 106. The molecular weight excluding hydrogens is 1070 g/mol. The molecule has 2 atom stereocenters. The minimum atomic E-state index is -4.42. The Morgan fingerprint density at radius 1 is 0.353 bits per heavy atom. The molecule has 9 nitrogen and oxygen atoms in total. The molecule has 0 aromatic rings. The zero-order valence-electron chi connectivity index (χ0n) is 52.7. The summed E-state index contributed by atoms with van der Waals surface area (Å²) in [7, 11) is -4.42. The third kappa shape index (κ3) is 67.3. The van der Waals surface area contributed by atoms with Crippen LogP contribution in [0, 0.1) is 0 Å². The summed E-state index contributed by atoms with van der Waals surface area (Å²) in [5.41, 5.74) is 5.38. The van der Waals surface area contributed by atoms with Gasteiger partial charge in [0.2, 0.25) is 0 Å². The van der Waals surface area contributed by atoms with Gasteiger partial charge in [0.25, 0.3) is 0 Å². The second kappa shape index (κ2) is 67.5. The van der Waals surface area contributed by atoms with Crippen LogP contribution in [0.15, 0.2) is 219 Å². The van der Waals surface area contributed by atoms with Crippen LogP contribution < -0.4 is 5.73 Å². The molecular formula is C75H114NO8P. The molecule has 10 heteroatoms.